The molecule has 0 aliphatic carbocycles. The molecule has 0 spiro atoms. The molecule has 11 nitrogen and oxygen atoms in total. The number of unbranched alkanes of at least 4 members (excludes halogenated alkanes) is 1. The predicted molar refractivity (Wildman–Crippen MR) is 163 cm³/mol. The number of benzene rings is 2. The highest BCUT2D eigenvalue weighted by Gasteiger charge is 2.39. The first-order valence-electron chi connectivity index (χ1n) is 14.9. The number of hydrogen-bond acceptors (Lipinski definition) is 7. The summed E-state index contributed by atoms with van der Waals surface area (Å²) in [4.78, 5) is 66.1. The van der Waals surface area contributed by atoms with E-state index in [1.165, 1.54) is 4.90 Å². The molecule has 3 rings (SSSR count). The molecule has 1 heterocycles. The van der Waals surface area contributed by atoms with Gasteiger partial charge in [0.2, 0.25) is 23.6 Å². The highest BCUT2D eigenvalue weighted by atomic mass is 16.2. The Balaban J connectivity index is 1.72. The number of rotatable bonds is 16. The number of nitrogens with two attached hydrogens (primary N) is 2. The van der Waals surface area contributed by atoms with Crippen molar-refractivity contribution in [2.45, 2.75) is 82.1 Å². The predicted octanol–water partition coefficient (Wildman–Crippen LogP) is 0.592. The van der Waals surface area contributed by atoms with Gasteiger partial charge in [-0.25, -0.2) is 0 Å². The smallest absolute Gasteiger partial charge is 0.245 e. The zero-order valence-electron chi connectivity index (χ0n) is 24.7. The van der Waals surface area contributed by atoms with Gasteiger partial charge in [-0.2, -0.15) is 0 Å². The maximum absolute atomic E-state index is 13.8. The highest BCUT2D eigenvalue weighted by Crippen LogP contribution is 2.21. The van der Waals surface area contributed by atoms with Gasteiger partial charge in [0.25, 0.3) is 0 Å². The number of nitrogens with one attached hydrogen (secondary N) is 3. The van der Waals surface area contributed by atoms with E-state index in [0.717, 1.165) is 11.1 Å². The van der Waals surface area contributed by atoms with Crippen LogP contribution in [0.2, 0.25) is 0 Å². The third kappa shape index (κ3) is 10.3. The van der Waals surface area contributed by atoms with Crippen molar-refractivity contribution in [3.8, 4) is 0 Å². The van der Waals surface area contributed by atoms with Crippen LogP contribution in [-0.2, 0) is 36.8 Å². The minimum absolute atomic E-state index is 0.210. The first kappa shape index (κ1) is 33.4. The molecule has 0 unspecified atom stereocenters. The average Bonchev–Trinajstić information content (AvgIpc) is 3.51. The van der Waals surface area contributed by atoms with Crippen LogP contribution in [0, 0.1) is 0 Å². The normalized spacial score (nSPS) is 17.3. The molecule has 1 fully saturated rings. The Hall–Kier alpha value is -4.09. The van der Waals surface area contributed by atoms with Crippen molar-refractivity contribution in [1.82, 2.24) is 20.9 Å². The number of hydrogen-bond donors (Lipinski definition) is 5. The van der Waals surface area contributed by atoms with Gasteiger partial charge >= 0.3 is 0 Å². The zero-order chi connectivity index (χ0) is 31.2. The Morgan fingerprint density at radius 3 is 2.12 bits per heavy atom. The van der Waals surface area contributed by atoms with Gasteiger partial charge in [0.05, 0.1) is 12.1 Å². The van der Waals surface area contributed by atoms with Gasteiger partial charge in [0.15, 0.2) is 0 Å². The Bertz CT molecular complexity index is 1210. The molecule has 11 heteroatoms. The summed E-state index contributed by atoms with van der Waals surface area (Å²) in [7, 11) is 0. The van der Waals surface area contributed by atoms with E-state index in [9.17, 15) is 24.0 Å². The summed E-state index contributed by atoms with van der Waals surface area (Å²) in [5.74, 6) is -1.77. The molecule has 5 atom stereocenters. The lowest BCUT2D eigenvalue weighted by atomic mass is 10.0. The van der Waals surface area contributed by atoms with Crippen LogP contribution in [0.3, 0.4) is 0 Å². The van der Waals surface area contributed by atoms with Crippen LogP contribution in [0.15, 0.2) is 60.7 Å². The van der Waals surface area contributed by atoms with Crippen molar-refractivity contribution >= 4 is 29.9 Å². The SMILES string of the molecule is C[C@@H](C=O)NC(=O)[C@H](Cc1ccccc1)NC(=O)[C@@H]1CCCN1C(=O)[C@H](CCCCN)NC(=O)[C@@H](N)Cc1ccccc1. The topological polar surface area (TPSA) is 177 Å². The molecule has 0 aromatic heterocycles. The van der Waals surface area contributed by atoms with Crippen molar-refractivity contribution in [3.63, 3.8) is 0 Å². The number of aldehydes is 1. The van der Waals surface area contributed by atoms with E-state index in [4.69, 9.17) is 11.5 Å². The standard InChI is InChI=1S/C32H44N6O5/c1-22(21-39)35-30(41)27(20-24-13-6-3-7-14-24)37-31(42)28-16-10-18-38(28)32(43)26(15-8-9-17-33)36-29(40)25(34)19-23-11-4-2-5-12-23/h2-7,11-14,21-22,25-28H,8-10,15-20,33-34H2,1H3,(H,35,41)(H,36,40)(H,37,42)/t22-,25-,26-,27-,28-/m0/s1. The summed E-state index contributed by atoms with van der Waals surface area (Å²) < 4.78 is 0. The number of nitrogens with zero attached hydrogens (tertiary/aromatic N) is 1. The van der Waals surface area contributed by atoms with Crippen LogP contribution >= 0.6 is 0 Å². The fourth-order valence-corrected chi connectivity index (χ4v) is 5.18. The van der Waals surface area contributed by atoms with Gasteiger partial charge < -0.3 is 37.1 Å². The molecule has 2 aromatic carbocycles. The van der Waals surface area contributed by atoms with Crippen LogP contribution < -0.4 is 27.4 Å². The summed E-state index contributed by atoms with van der Waals surface area (Å²) in [5.41, 5.74) is 13.6. The quantitative estimate of drug-likeness (QED) is 0.140. The summed E-state index contributed by atoms with van der Waals surface area (Å²) >= 11 is 0. The molecule has 1 aliphatic heterocycles. The lowest BCUT2D eigenvalue weighted by Gasteiger charge is -2.30. The van der Waals surface area contributed by atoms with Crippen molar-refractivity contribution < 1.29 is 24.0 Å². The third-order valence-corrected chi connectivity index (χ3v) is 7.52. The lowest BCUT2D eigenvalue weighted by Crippen LogP contribution is -2.58. The highest BCUT2D eigenvalue weighted by molar-refractivity contribution is 5.95. The lowest BCUT2D eigenvalue weighted by molar-refractivity contribution is -0.142. The molecule has 0 saturated carbocycles. The van der Waals surface area contributed by atoms with Crippen molar-refractivity contribution in [2.24, 2.45) is 11.5 Å². The Morgan fingerprint density at radius 1 is 0.884 bits per heavy atom. The van der Waals surface area contributed by atoms with Gasteiger partial charge in [-0.15, -0.1) is 0 Å². The van der Waals surface area contributed by atoms with Crippen LogP contribution in [0.1, 0.15) is 50.2 Å². The number of likely N-dealkylation sites (tertiary alicyclic amines) is 1. The maximum Gasteiger partial charge on any atom is 0.245 e. The molecule has 4 amide bonds. The molecule has 0 radical (unpaired) electrons. The molecular weight excluding hydrogens is 548 g/mol. The van der Waals surface area contributed by atoms with E-state index in [0.29, 0.717) is 57.9 Å². The molecule has 43 heavy (non-hydrogen) atoms. The largest absolute Gasteiger partial charge is 0.345 e. The van der Waals surface area contributed by atoms with E-state index in [2.05, 4.69) is 16.0 Å². The van der Waals surface area contributed by atoms with E-state index >= 15 is 0 Å². The zero-order valence-corrected chi connectivity index (χ0v) is 24.7. The van der Waals surface area contributed by atoms with Crippen molar-refractivity contribution in [3.05, 3.63) is 71.8 Å². The van der Waals surface area contributed by atoms with Gasteiger partial charge in [0.1, 0.15) is 24.4 Å². The second kappa shape index (κ2) is 17.1. The van der Waals surface area contributed by atoms with E-state index in [1.807, 2.05) is 60.7 Å². The molecule has 7 N–H and O–H groups in total. The minimum Gasteiger partial charge on any atom is -0.345 e. The average molecular weight is 593 g/mol. The van der Waals surface area contributed by atoms with Crippen LogP contribution in [-0.4, -0.2) is 78.1 Å². The second-order valence-corrected chi connectivity index (χ2v) is 11.0. The summed E-state index contributed by atoms with van der Waals surface area (Å²) in [6, 6.07) is 14.4. The first-order valence-corrected chi connectivity index (χ1v) is 14.9. The third-order valence-electron chi connectivity index (χ3n) is 7.52. The van der Waals surface area contributed by atoms with Gasteiger partial charge in [-0.3, -0.25) is 19.2 Å². The Labute approximate surface area is 253 Å². The summed E-state index contributed by atoms with van der Waals surface area (Å²) in [6.45, 7) is 2.34. The molecule has 0 bridgehead atoms. The van der Waals surface area contributed by atoms with E-state index in [1.54, 1.807) is 6.92 Å². The Morgan fingerprint density at radius 2 is 1.51 bits per heavy atom. The van der Waals surface area contributed by atoms with E-state index < -0.39 is 47.9 Å². The van der Waals surface area contributed by atoms with Crippen LogP contribution in [0.4, 0.5) is 0 Å². The van der Waals surface area contributed by atoms with Crippen LogP contribution in [0.5, 0.6) is 0 Å². The summed E-state index contributed by atoms with van der Waals surface area (Å²) in [5, 5.41) is 8.25. The van der Waals surface area contributed by atoms with E-state index in [-0.39, 0.29) is 12.3 Å². The first-order chi connectivity index (χ1) is 20.7. The van der Waals surface area contributed by atoms with Crippen molar-refractivity contribution in [1.29, 1.82) is 0 Å². The number of carbonyl (C=O) groups is 5. The molecule has 1 saturated heterocycles. The van der Waals surface area contributed by atoms with Gasteiger partial charge in [-0.1, -0.05) is 60.7 Å². The summed E-state index contributed by atoms with van der Waals surface area (Å²) in [6.07, 6.45) is 3.79. The fourth-order valence-electron chi connectivity index (χ4n) is 5.18. The minimum atomic E-state index is -0.953. The Kier molecular flexibility index (Phi) is 13.3. The fraction of sp³-hybridized carbons (Fsp3) is 0.469. The monoisotopic (exact) mass is 592 g/mol. The second-order valence-electron chi connectivity index (χ2n) is 11.0. The molecule has 232 valence electrons. The van der Waals surface area contributed by atoms with Crippen molar-refractivity contribution in [2.75, 3.05) is 13.1 Å². The van der Waals surface area contributed by atoms with Crippen LogP contribution in [0.25, 0.3) is 0 Å². The maximum atomic E-state index is 13.8. The number of carbonyl (C=O) groups excluding carboxylic acids is 5. The molecule has 2 aromatic rings. The molecule has 1 aliphatic rings. The van der Waals surface area contributed by atoms with Gasteiger partial charge in [0, 0.05) is 13.0 Å². The van der Waals surface area contributed by atoms with Gasteiger partial charge in [-0.05, 0) is 63.1 Å². The number of amides is 4. The molecular formula is C32H44N6O5.